The molecule has 0 spiro atoms. The number of nitrogens with one attached hydrogen (secondary N) is 2. The molecular formula is C16H15Cl2N3O3S2. The highest BCUT2D eigenvalue weighted by Crippen LogP contribution is 2.32. The number of sulfonamides is 1. The molecule has 0 bridgehead atoms. The average Bonchev–Trinajstić information content (AvgIpc) is 2.99. The van der Waals surface area contributed by atoms with Gasteiger partial charge in [0.1, 0.15) is 4.90 Å². The van der Waals surface area contributed by atoms with Crippen LogP contribution in [-0.4, -0.2) is 31.3 Å². The second-order valence-electron chi connectivity index (χ2n) is 5.42. The molecule has 1 aliphatic rings. The molecule has 1 heterocycles. The van der Waals surface area contributed by atoms with Gasteiger partial charge in [-0.3, -0.25) is 0 Å². The van der Waals surface area contributed by atoms with Gasteiger partial charge in [-0.2, -0.15) is 0 Å². The molecule has 3 rings (SSSR count). The molecule has 138 valence electrons. The highest BCUT2D eigenvalue weighted by molar-refractivity contribution is 7.99. The molecule has 0 amide bonds. The van der Waals surface area contributed by atoms with Crippen molar-refractivity contribution in [3.05, 3.63) is 52.0 Å². The molecule has 10 heteroatoms. The molecule has 2 aromatic carbocycles. The summed E-state index contributed by atoms with van der Waals surface area (Å²) < 4.78 is 39.5. The van der Waals surface area contributed by atoms with Gasteiger partial charge < -0.3 is 5.32 Å². The molecule has 0 saturated carbocycles. The Morgan fingerprint density at radius 2 is 1.85 bits per heavy atom. The van der Waals surface area contributed by atoms with Crippen LogP contribution < -0.4 is 10.0 Å². The zero-order valence-electron chi connectivity index (χ0n) is 13.4. The van der Waals surface area contributed by atoms with Gasteiger partial charge in [0.15, 0.2) is 0 Å². The Balaban J connectivity index is 1.58. The summed E-state index contributed by atoms with van der Waals surface area (Å²) in [6.45, 7) is 1.01. The van der Waals surface area contributed by atoms with Crippen LogP contribution in [0.3, 0.4) is 0 Å². The highest BCUT2D eigenvalue weighted by Gasteiger charge is 2.26. The smallest absolute Gasteiger partial charge is 0.241 e. The third-order valence-corrected chi connectivity index (χ3v) is 7.30. The third-order valence-electron chi connectivity index (χ3n) is 3.68. The van der Waals surface area contributed by atoms with Gasteiger partial charge in [-0.1, -0.05) is 41.4 Å². The van der Waals surface area contributed by atoms with Crippen molar-refractivity contribution >= 4 is 55.3 Å². The van der Waals surface area contributed by atoms with Gasteiger partial charge in [-0.25, -0.2) is 22.3 Å². The predicted octanol–water partition coefficient (Wildman–Crippen LogP) is 2.84. The summed E-state index contributed by atoms with van der Waals surface area (Å²) in [5.41, 5.74) is 2.48. The Kier molecular flexibility index (Phi) is 6.11. The molecule has 0 fully saturated rings. The first-order chi connectivity index (χ1) is 12.4. The summed E-state index contributed by atoms with van der Waals surface area (Å²) in [4.78, 5) is 4.17. The summed E-state index contributed by atoms with van der Waals surface area (Å²) in [6.07, 6.45) is 0. The highest BCUT2D eigenvalue weighted by atomic mass is 35.5. The standard InChI is InChI=1S/C16H15Cl2N3O3S2/c17-12-4-1-3-11(15(12)18)9-19-7-8-21-26(23,24)14-6-2-5-13-16(14)25(22)10-20-13/h1-6,10,19,21H,7-9H2. The lowest BCUT2D eigenvalue weighted by Gasteiger charge is -2.11. The molecular weight excluding hydrogens is 417 g/mol. The number of rotatable bonds is 7. The van der Waals surface area contributed by atoms with Gasteiger partial charge in [0, 0.05) is 19.6 Å². The Morgan fingerprint density at radius 3 is 2.65 bits per heavy atom. The largest absolute Gasteiger partial charge is 0.311 e. The van der Waals surface area contributed by atoms with Crippen molar-refractivity contribution in [1.29, 1.82) is 0 Å². The van der Waals surface area contributed by atoms with Crippen molar-refractivity contribution in [2.24, 2.45) is 4.99 Å². The molecule has 0 aromatic heterocycles. The monoisotopic (exact) mass is 431 g/mol. The molecule has 0 radical (unpaired) electrons. The fraction of sp³-hybridized carbons (Fsp3) is 0.188. The molecule has 0 aliphatic carbocycles. The Labute approximate surface area is 164 Å². The van der Waals surface area contributed by atoms with Crippen molar-refractivity contribution in [2.45, 2.75) is 16.3 Å². The molecule has 0 saturated heterocycles. The zero-order valence-corrected chi connectivity index (χ0v) is 16.6. The molecule has 1 unspecified atom stereocenters. The predicted molar refractivity (Wildman–Crippen MR) is 104 cm³/mol. The minimum atomic E-state index is -3.79. The van der Waals surface area contributed by atoms with E-state index in [0.29, 0.717) is 28.8 Å². The molecule has 26 heavy (non-hydrogen) atoms. The first-order valence-electron chi connectivity index (χ1n) is 7.61. The Morgan fingerprint density at radius 1 is 1.08 bits per heavy atom. The van der Waals surface area contributed by atoms with Crippen LogP contribution in [0, 0.1) is 0 Å². The second kappa shape index (κ2) is 8.16. The quantitative estimate of drug-likeness (QED) is 0.659. The van der Waals surface area contributed by atoms with Gasteiger partial charge in [-0.05, 0) is 23.8 Å². The number of hydrogen-bond acceptors (Lipinski definition) is 5. The maximum Gasteiger partial charge on any atom is 0.241 e. The fourth-order valence-corrected chi connectivity index (χ4v) is 5.44. The van der Waals surface area contributed by atoms with E-state index >= 15 is 0 Å². The van der Waals surface area contributed by atoms with E-state index in [9.17, 15) is 12.6 Å². The summed E-state index contributed by atoms with van der Waals surface area (Å²) in [5, 5.41) is 4.05. The van der Waals surface area contributed by atoms with E-state index in [-0.39, 0.29) is 16.3 Å². The number of benzene rings is 2. The normalized spacial score (nSPS) is 16.0. The van der Waals surface area contributed by atoms with E-state index in [0.717, 1.165) is 5.56 Å². The molecule has 2 aromatic rings. The lowest BCUT2D eigenvalue weighted by atomic mass is 10.2. The first kappa shape index (κ1) is 19.5. The Hall–Kier alpha value is -1.29. The van der Waals surface area contributed by atoms with Gasteiger partial charge in [0.2, 0.25) is 10.0 Å². The fourth-order valence-electron chi connectivity index (χ4n) is 2.44. The third kappa shape index (κ3) is 4.16. The average molecular weight is 432 g/mol. The number of nitrogens with zero attached hydrogens (tertiary/aromatic N) is 1. The lowest BCUT2D eigenvalue weighted by molar-refractivity contribution is 0.573. The second-order valence-corrected chi connectivity index (χ2v) is 9.16. The number of hydrogen-bond donors (Lipinski definition) is 2. The van der Waals surface area contributed by atoms with Gasteiger partial charge in [0.05, 0.1) is 37.0 Å². The maximum absolute atomic E-state index is 12.5. The van der Waals surface area contributed by atoms with Crippen LogP contribution in [0.15, 0.2) is 51.2 Å². The summed E-state index contributed by atoms with van der Waals surface area (Å²) in [5.74, 6) is 0. The van der Waals surface area contributed by atoms with E-state index < -0.39 is 20.8 Å². The van der Waals surface area contributed by atoms with Crippen molar-refractivity contribution < 1.29 is 12.6 Å². The zero-order chi connectivity index (χ0) is 18.7. The topological polar surface area (TPSA) is 87.6 Å². The van der Waals surface area contributed by atoms with Gasteiger partial charge >= 0.3 is 0 Å². The number of fused-ring (bicyclic) bond motifs is 1. The van der Waals surface area contributed by atoms with Crippen LogP contribution in [0.1, 0.15) is 5.56 Å². The van der Waals surface area contributed by atoms with Crippen LogP contribution >= 0.6 is 23.2 Å². The maximum atomic E-state index is 12.5. The summed E-state index contributed by atoms with van der Waals surface area (Å²) >= 11 is 12.1. The van der Waals surface area contributed by atoms with Crippen LogP contribution in [0.5, 0.6) is 0 Å². The van der Waals surface area contributed by atoms with Crippen molar-refractivity contribution in [2.75, 3.05) is 13.1 Å². The lowest BCUT2D eigenvalue weighted by Crippen LogP contribution is -2.32. The minimum Gasteiger partial charge on any atom is -0.311 e. The molecule has 1 aliphatic heterocycles. The van der Waals surface area contributed by atoms with Crippen molar-refractivity contribution in [3.8, 4) is 0 Å². The van der Waals surface area contributed by atoms with Crippen LogP contribution in [0.2, 0.25) is 10.0 Å². The summed E-state index contributed by atoms with van der Waals surface area (Å²) in [6, 6.07) is 9.97. The molecule has 6 nitrogen and oxygen atoms in total. The van der Waals surface area contributed by atoms with Crippen LogP contribution in [-0.2, 0) is 27.4 Å². The van der Waals surface area contributed by atoms with E-state index in [4.69, 9.17) is 23.2 Å². The number of aliphatic imine (C=N–C) groups is 1. The van der Waals surface area contributed by atoms with Gasteiger partial charge in [-0.15, -0.1) is 0 Å². The summed E-state index contributed by atoms with van der Waals surface area (Å²) in [7, 11) is -5.34. The van der Waals surface area contributed by atoms with Crippen molar-refractivity contribution in [1.82, 2.24) is 10.0 Å². The molecule has 2 N–H and O–H groups in total. The SMILES string of the molecule is O=S1C=Nc2cccc(S(=O)(=O)NCCNCc3cccc(Cl)c3Cl)c21. The van der Waals surface area contributed by atoms with E-state index in [1.807, 2.05) is 6.07 Å². The van der Waals surface area contributed by atoms with Crippen molar-refractivity contribution in [3.63, 3.8) is 0 Å². The van der Waals surface area contributed by atoms with Crippen LogP contribution in [0.25, 0.3) is 0 Å². The first-order valence-corrected chi connectivity index (χ1v) is 11.1. The minimum absolute atomic E-state index is 0.0104. The Bertz CT molecular complexity index is 994. The van der Waals surface area contributed by atoms with Crippen LogP contribution in [0.4, 0.5) is 5.69 Å². The number of halogens is 2. The molecule has 1 atom stereocenters. The van der Waals surface area contributed by atoms with E-state index in [1.54, 1.807) is 24.3 Å². The van der Waals surface area contributed by atoms with E-state index in [1.165, 1.54) is 11.6 Å². The van der Waals surface area contributed by atoms with E-state index in [2.05, 4.69) is 15.0 Å². The van der Waals surface area contributed by atoms with Gasteiger partial charge in [0.25, 0.3) is 0 Å².